The standard InChI is InChI=1S/C27H25N5O2/c1-16(2)25-18(14-28)6-5-7-21(25)26(33)31-20-9-8-17(3)24(13-20)30-19-10-11-23-22(12-19)27(34)32(4)15-29-23/h5-13,15-16,30H,1-4H3,(H,31,33). The monoisotopic (exact) mass is 451 g/mol. The fourth-order valence-corrected chi connectivity index (χ4v) is 3.96. The Labute approximate surface area is 197 Å². The Hall–Kier alpha value is -4.44. The summed E-state index contributed by atoms with van der Waals surface area (Å²) in [6.07, 6.45) is 1.51. The average Bonchev–Trinajstić information content (AvgIpc) is 2.83. The van der Waals surface area contributed by atoms with Gasteiger partial charge in [-0.3, -0.25) is 9.59 Å². The van der Waals surface area contributed by atoms with Gasteiger partial charge in [0.25, 0.3) is 11.5 Å². The molecule has 34 heavy (non-hydrogen) atoms. The zero-order chi connectivity index (χ0) is 24.4. The lowest BCUT2D eigenvalue weighted by Gasteiger charge is -2.16. The number of carbonyl (C=O) groups excluding carboxylic acids is 1. The second kappa shape index (κ2) is 9.20. The highest BCUT2D eigenvalue weighted by molar-refractivity contribution is 6.06. The Bertz CT molecular complexity index is 1510. The van der Waals surface area contributed by atoms with Crippen LogP contribution < -0.4 is 16.2 Å². The van der Waals surface area contributed by atoms with Crippen LogP contribution in [0.3, 0.4) is 0 Å². The molecule has 0 spiro atoms. The van der Waals surface area contributed by atoms with Gasteiger partial charge in [-0.2, -0.15) is 5.26 Å². The summed E-state index contributed by atoms with van der Waals surface area (Å²) in [5.41, 5.74) is 5.38. The summed E-state index contributed by atoms with van der Waals surface area (Å²) >= 11 is 0. The van der Waals surface area contributed by atoms with Gasteiger partial charge in [0.1, 0.15) is 0 Å². The summed E-state index contributed by atoms with van der Waals surface area (Å²) in [5, 5.41) is 16.3. The van der Waals surface area contributed by atoms with Crippen LogP contribution in [0.25, 0.3) is 10.9 Å². The minimum Gasteiger partial charge on any atom is -0.355 e. The number of aromatic nitrogens is 2. The fourth-order valence-electron chi connectivity index (χ4n) is 3.96. The Morgan fingerprint density at radius 3 is 2.59 bits per heavy atom. The highest BCUT2D eigenvalue weighted by Gasteiger charge is 2.18. The van der Waals surface area contributed by atoms with Crippen LogP contribution in [0.5, 0.6) is 0 Å². The van der Waals surface area contributed by atoms with Gasteiger partial charge in [0.2, 0.25) is 0 Å². The van der Waals surface area contributed by atoms with Gasteiger partial charge in [0.15, 0.2) is 0 Å². The number of amides is 1. The van der Waals surface area contributed by atoms with E-state index in [0.29, 0.717) is 27.7 Å². The summed E-state index contributed by atoms with van der Waals surface area (Å²) < 4.78 is 1.44. The normalized spacial score (nSPS) is 10.8. The molecule has 0 aliphatic carbocycles. The predicted molar refractivity (Wildman–Crippen MR) is 135 cm³/mol. The third-order valence-electron chi connectivity index (χ3n) is 5.74. The maximum absolute atomic E-state index is 13.1. The van der Waals surface area contributed by atoms with Crippen molar-refractivity contribution in [2.45, 2.75) is 26.7 Å². The SMILES string of the molecule is Cc1ccc(NC(=O)c2cccc(C#N)c2C(C)C)cc1Nc1ccc2ncn(C)c(=O)c2c1. The van der Waals surface area contributed by atoms with Crippen LogP contribution in [0.2, 0.25) is 0 Å². The number of rotatable bonds is 5. The number of carbonyl (C=O) groups is 1. The number of nitriles is 1. The molecule has 0 fully saturated rings. The van der Waals surface area contributed by atoms with E-state index in [1.807, 2.05) is 45.0 Å². The van der Waals surface area contributed by atoms with Crippen LogP contribution in [-0.4, -0.2) is 15.5 Å². The molecule has 4 aromatic rings. The van der Waals surface area contributed by atoms with E-state index in [2.05, 4.69) is 21.7 Å². The van der Waals surface area contributed by atoms with Crippen molar-refractivity contribution in [2.24, 2.45) is 7.05 Å². The molecule has 3 aromatic carbocycles. The third kappa shape index (κ3) is 4.39. The highest BCUT2D eigenvalue weighted by atomic mass is 16.1. The number of nitrogens with zero attached hydrogens (tertiary/aromatic N) is 3. The van der Waals surface area contributed by atoms with Crippen molar-refractivity contribution < 1.29 is 4.79 Å². The van der Waals surface area contributed by atoms with Crippen molar-refractivity contribution in [2.75, 3.05) is 10.6 Å². The van der Waals surface area contributed by atoms with Gasteiger partial charge in [-0.25, -0.2) is 4.98 Å². The molecule has 0 unspecified atom stereocenters. The number of benzene rings is 3. The van der Waals surface area contributed by atoms with Gasteiger partial charge in [-0.05, 0) is 66.4 Å². The molecule has 170 valence electrons. The van der Waals surface area contributed by atoms with Gasteiger partial charge in [0, 0.05) is 29.7 Å². The fraction of sp³-hybridized carbons (Fsp3) is 0.185. The van der Waals surface area contributed by atoms with Gasteiger partial charge in [0.05, 0.1) is 28.9 Å². The molecule has 4 rings (SSSR count). The molecule has 1 amide bonds. The van der Waals surface area contributed by atoms with Crippen LogP contribution in [0, 0.1) is 18.3 Å². The summed E-state index contributed by atoms with van der Waals surface area (Å²) in [4.78, 5) is 29.8. The van der Waals surface area contributed by atoms with Gasteiger partial charge >= 0.3 is 0 Å². The lowest BCUT2D eigenvalue weighted by molar-refractivity contribution is 0.102. The molecule has 0 saturated heterocycles. The average molecular weight is 452 g/mol. The van der Waals surface area contributed by atoms with Gasteiger partial charge < -0.3 is 15.2 Å². The van der Waals surface area contributed by atoms with Crippen molar-refractivity contribution in [3.8, 4) is 6.07 Å². The molecule has 0 aliphatic heterocycles. The molecule has 1 heterocycles. The maximum atomic E-state index is 13.1. The Balaban J connectivity index is 1.63. The molecule has 7 heteroatoms. The molecule has 2 N–H and O–H groups in total. The van der Waals surface area contributed by atoms with E-state index < -0.39 is 0 Å². The van der Waals surface area contributed by atoms with Crippen LogP contribution in [0.4, 0.5) is 17.1 Å². The first-order chi connectivity index (χ1) is 16.3. The summed E-state index contributed by atoms with van der Waals surface area (Å²) in [6.45, 7) is 5.89. The number of hydrogen-bond acceptors (Lipinski definition) is 5. The van der Waals surface area contributed by atoms with Crippen molar-refractivity contribution in [1.29, 1.82) is 5.26 Å². The number of aryl methyl sites for hydroxylation is 2. The maximum Gasteiger partial charge on any atom is 0.260 e. The van der Waals surface area contributed by atoms with Crippen LogP contribution >= 0.6 is 0 Å². The zero-order valence-corrected chi connectivity index (χ0v) is 19.5. The van der Waals surface area contributed by atoms with E-state index in [4.69, 9.17) is 0 Å². The van der Waals surface area contributed by atoms with Crippen molar-refractivity contribution >= 4 is 33.9 Å². The molecule has 0 aliphatic rings. The largest absolute Gasteiger partial charge is 0.355 e. The zero-order valence-electron chi connectivity index (χ0n) is 19.5. The molecule has 0 saturated carbocycles. The first kappa shape index (κ1) is 22.7. The number of hydrogen-bond donors (Lipinski definition) is 2. The number of nitrogens with one attached hydrogen (secondary N) is 2. The molecule has 7 nitrogen and oxygen atoms in total. The van der Waals surface area contributed by atoms with Crippen molar-refractivity contribution in [3.05, 3.63) is 93.5 Å². The Morgan fingerprint density at radius 1 is 1.09 bits per heavy atom. The number of anilines is 3. The second-order valence-corrected chi connectivity index (χ2v) is 8.53. The highest BCUT2D eigenvalue weighted by Crippen LogP contribution is 2.28. The summed E-state index contributed by atoms with van der Waals surface area (Å²) in [7, 11) is 1.67. The summed E-state index contributed by atoms with van der Waals surface area (Å²) in [6, 6.07) is 18.4. The minimum absolute atomic E-state index is 0.0296. The van der Waals surface area contributed by atoms with Gasteiger partial charge in [-0.1, -0.05) is 26.0 Å². The lowest BCUT2D eigenvalue weighted by atomic mass is 9.92. The van der Waals surface area contributed by atoms with E-state index >= 15 is 0 Å². The van der Waals surface area contributed by atoms with Crippen LogP contribution in [0.15, 0.2) is 65.7 Å². The third-order valence-corrected chi connectivity index (χ3v) is 5.74. The molecule has 0 atom stereocenters. The Kier molecular flexibility index (Phi) is 6.15. The first-order valence-electron chi connectivity index (χ1n) is 11.0. The van der Waals surface area contributed by atoms with Gasteiger partial charge in [-0.15, -0.1) is 0 Å². The Morgan fingerprint density at radius 2 is 1.85 bits per heavy atom. The molecule has 0 radical (unpaired) electrons. The molecule has 0 bridgehead atoms. The van der Waals surface area contributed by atoms with Crippen LogP contribution in [-0.2, 0) is 7.05 Å². The molecular formula is C27H25N5O2. The lowest BCUT2D eigenvalue weighted by Crippen LogP contribution is -2.17. The minimum atomic E-state index is -0.268. The predicted octanol–water partition coefficient (Wildman–Crippen LogP) is 5.23. The number of fused-ring (bicyclic) bond motifs is 1. The van der Waals surface area contributed by atoms with E-state index in [1.54, 1.807) is 37.4 Å². The van der Waals surface area contributed by atoms with E-state index in [9.17, 15) is 14.9 Å². The topological polar surface area (TPSA) is 99.8 Å². The molecular weight excluding hydrogens is 426 g/mol. The van der Waals surface area contributed by atoms with Crippen molar-refractivity contribution in [3.63, 3.8) is 0 Å². The van der Waals surface area contributed by atoms with E-state index in [-0.39, 0.29) is 17.4 Å². The first-order valence-corrected chi connectivity index (χ1v) is 11.0. The van der Waals surface area contributed by atoms with E-state index in [0.717, 1.165) is 22.5 Å². The summed E-state index contributed by atoms with van der Waals surface area (Å²) in [5.74, 6) is -0.238. The van der Waals surface area contributed by atoms with E-state index in [1.165, 1.54) is 10.9 Å². The van der Waals surface area contributed by atoms with Crippen molar-refractivity contribution in [1.82, 2.24) is 9.55 Å². The quantitative estimate of drug-likeness (QED) is 0.433. The molecule has 1 aromatic heterocycles. The second-order valence-electron chi connectivity index (χ2n) is 8.53. The van der Waals surface area contributed by atoms with Crippen LogP contribution in [0.1, 0.15) is 46.8 Å². The smallest absolute Gasteiger partial charge is 0.260 e.